The summed E-state index contributed by atoms with van der Waals surface area (Å²) < 4.78 is 5.28. The molecule has 1 aliphatic carbocycles. The average molecular weight is 499 g/mol. The summed E-state index contributed by atoms with van der Waals surface area (Å²) in [4.78, 5) is 53.1. The van der Waals surface area contributed by atoms with Crippen LogP contribution in [-0.4, -0.2) is 52.9 Å². The molecule has 2 unspecified atom stereocenters. The Morgan fingerprint density at radius 2 is 1.86 bits per heavy atom. The van der Waals surface area contributed by atoms with Gasteiger partial charge in [-0.1, -0.05) is 43.9 Å². The van der Waals surface area contributed by atoms with Gasteiger partial charge < -0.3 is 26.0 Å². The van der Waals surface area contributed by atoms with Crippen LogP contribution in [0, 0.1) is 12.3 Å². The zero-order valence-electron chi connectivity index (χ0n) is 21.6. The Morgan fingerprint density at radius 1 is 1.19 bits per heavy atom. The molecular weight excluding hydrogens is 460 g/mol. The van der Waals surface area contributed by atoms with E-state index >= 15 is 0 Å². The van der Waals surface area contributed by atoms with Gasteiger partial charge in [-0.05, 0) is 51.7 Å². The molecule has 0 aliphatic heterocycles. The Labute approximate surface area is 213 Å². The fourth-order valence-corrected chi connectivity index (χ4v) is 3.87. The second-order valence-corrected chi connectivity index (χ2v) is 9.98. The highest BCUT2D eigenvalue weighted by atomic mass is 16.6. The largest absolute Gasteiger partial charge is 0.444 e. The van der Waals surface area contributed by atoms with E-state index in [9.17, 15) is 19.2 Å². The number of amides is 4. The van der Waals surface area contributed by atoms with Crippen LogP contribution in [0.2, 0.25) is 0 Å². The van der Waals surface area contributed by atoms with Crippen LogP contribution in [0.5, 0.6) is 0 Å². The van der Waals surface area contributed by atoms with Crippen molar-refractivity contribution in [3.8, 4) is 12.3 Å². The van der Waals surface area contributed by atoms with Crippen LogP contribution in [-0.2, 0) is 19.1 Å². The van der Waals surface area contributed by atoms with Crippen LogP contribution in [0.15, 0.2) is 24.3 Å². The van der Waals surface area contributed by atoms with Crippen LogP contribution >= 0.6 is 0 Å². The molecule has 0 radical (unpaired) electrons. The number of ether oxygens (including phenoxy) is 1. The van der Waals surface area contributed by atoms with Gasteiger partial charge in [0.1, 0.15) is 17.7 Å². The molecule has 2 atom stereocenters. The van der Waals surface area contributed by atoms with Crippen LogP contribution in [0.3, 0.4) is 0 Å². The number of hydrogen-bond acceptors (Lipinski definition) is 5. The highest BCUT2D eigenvalue weighted by Gasteiger charge is 2.44. The van der Waals surface area contributed by atoms with E-state index in [4.69, 9.17) is 16.9 Å². The molecule has 1 saturated carbocycles. The van der Waals surface area contributed by atoms with Gasteiger partial charge in [-0.15, -0.1) is 6.42 Å². The van der Waals surface area contributed by atoms with Crippen LogP contribution in [0.25, 0.3) is 0 Å². The molecule has 1 aromatic rings. The minimum atomic E-state index is -1.30. The molecular formula is C27H38N4O5. The van der Waals surface area contributed by atoms with Crippen LogP contribution in [0.1, 0.15) is 83.4 Å². The van der Waals surface area contributed by atoms with Crippen molar-refractivity contribution in [2.24, 2.45) is 5.73 Å². The normalized spacial score (nSPS) is 14.6. The molecule has 9 heteroatoms. The van der Waals surface area contributed by atoms with Gasteiger partial charge in [0.05, 0.1) is 6.42 Å². The van der Waals surface area contributed by atoms with Crippen molar-refractivity contribution in [3.63, 3.8) is 0 Å². The molecule has 4 N–H and O–H groups in total. The fourth-order valence-electron chi connectivity index (χ4n) is 3.87. The summed E-state index contributed by atoms with van der Waals surface area (Å²) in [6.07, 6.45) is 8.54. The molecule has 2 rings (SSSR count). The Hall–Kier alpha value is -3.54. The maximum absolute atomic E-state index is 13.9. The van der Waals surface area contributed by atoms with Crippen molar-refractivity contribution in [2.75, 3.05) is 6.54 Å². The standard InChI is InChI=1S/C27H38N4O5/c1-6-8-11-16-29-24(33)23(20-13-10-9-12-18(20)7-2)31(19-14-15-19)25(34)21(17-22(28)32)30-26(35)36-27(3,4)5/h2,9-10,12-13,19,21,23H,6,8,11,14-17H2,1,3-5H3,(H2,28,32)(H,29,33)(H,30,35). The van der Waals surface area contributed by atoms with Gasteiger partial charge in [-0.25, -0.2) is 4.79 Å². The van der Waals surface area contributed by atoms with E-state index in [1.54, 1.807) is 45.0 Å². The smallest absolute Gasteiger partial charge is 0.408 e. The minimum absolute atomic E-state index is 0.245. The first-order valence-electron chi connectivity index (χ1n) is 12.4. The van der Waals surface area contributed by atoms with E-state index in [0.29, 0.717) is 30.5 Å². The number of nitrogens with zero attached hydrogens (tertiary/aromatic N) is 1. The lowest BCUT2D eigenvalue weighted by molar-refractivity contribution is -0.144. The number of carbonyl (C=O) groups is 4. The Morgan fingerprint density at radius 3 is 2.42 bits per heavy atom. The molecule has 4 amide bonds. The molecule has 36 heavy (non-hydrogen) atoms. The number of hydrogen-bond donors (Lipinski definition) is 3. The predicted molar refractivity (Wildman–Crippen MR) is 136 cm³/mol. The van der Waals surface area contributed by atoms with Gasteiger partial charge in [0.2, 0.25) is 17.7 Å². The summed E-state index contributed by atoms with van der Waals surface area (Å²) >= 11 is 0. The van der Waals surface area contributed by atoms with Crippen molar-refractivity contribution in [1.82, 2.24) is 15.5 Å². The second-order valence-electron chi connectivity index (χ2n) is 9.98. The lowest BCUT2D eigenvalue weighted by Gasteiger charge is -2.35. The molecule has 1 aliphatic rings. The lowest BCUT2D eigenvalue weighted by atomic mass is 9.97. The molecule has 0 aromatic heterocycles. The van der Waals surface area contributed by atoms with E-state index < -0.39 is 42.0 Å². The highest BCUT2D eigenvalue weighted by molar-refractivity contribution is 5.95. The van der Waals surface area contributed by atoms with Crippen LogP contribution in [0.4, 0.5) is 4.79 Å². The van der Waals surface area contributed by atoms with Crippen molar-refractivity contribution >= 4 is 23.8 Å². The molecule has 0 spiro atoms. The molecule has 196 valence electrons. The minimum Gasteiger partial charge on any atom is -0.444 e. The SMILES string of the molecule is C#Cc1ccccc1C(C(=O)NCCCCC)N(C(=O)C(CC(N)=O)NC(=O)OC(C)(C)C)C1CC1. The molecule has 1 fully saturated rings. The average Bonchev–Trinajstić information content (AvgIpc) is 3.63. The molecule has 9 nitrogen and oxygen atoms in total. The van der Waals surface area contributed by atoms with Gasteiger partial charge in [0, 0.05) is 18.2 Å². The first kappa shape index (κ1) is 28.7. The summed E-state index contributed by atoms with van der Waals surface area (Å²) in [5.41, 5.74) is 5.58. The predicted octanol–water partition coefficient (Wildman–Crippen LogP) is 2.78. The van der Waals surface area contributed by atoms with Gasteiger partial charge in [0.25, 0.3) is 0 Å². The van der Waals surface area contributed by atoms with Crippen LogP contribution < -0.4 is 16.4 Å². The first-order valence-corrected chi connectivity index (χ1v) is 12.4. The van der Waals surface area contributed by atoms with Crippen molar-refractivity contribution in [3.05, 3.63) is 35.4 Å². The summed E-state index contributed by atoms with van der Waals surface area (Å²) in [5.74, 6) is 0.859. The first-order chi connectivity index (χ1) is 17.0. The summed E-state index contributed by atoms with van der Waals surface area (Å²) in [5, 5.41) is 5.41. The number of primary amides is 1. The number of nitrogens with two attached hydrogens (primary N) is 1. The number of carbonyl (C=O) groups excluding carboxylic acids is 4. The summed E-state index contributed by atoms with van der Waals surface area (Å²) in [6.45, 7) is 7.57. The zero-order chi connectivity index (χ0) is 26.9. The quantitative estimate of drug-likeness (QED) is 0.301. The topological polar surface area (TPSA) is 131 Å². The lowest BCUT2D eigenvalue weighted by Crippen LogP contribution is -2.54. The Balaban J connectivity index is 2.45. The monoisotopic (exact) mass is 498 g/mol. The third-order valence-electron chi connectivity index (χ3n) is 5.61. The highest BCUT2D eigenvalue weighted by Crippen LogP contribution is 2.36. The molecule has 0 saturated heterocycles. The summed E-state index contributed by atoms with van der Waals surface area (Å²) in [6, 6.07) is 4.37. The third kappa shape index (κ3) is 8.59. The van der Waals surface area contributed by atoms with Crippen molar-refractivity contribution in [2.45, 2.75) is 89.9 Å². The zero-order valence-corrected chi connectivity index (χ0v) is 21.6. The van der Waals surface area contributed by atoms with E-state index in [1.165, 1.54) is 4.90 Å². The number of terminal acetylenes is 1. The van der Waals surface area contributed by atoms with Gasteiger partial charge >= 0.3 is 6.09 Å². The number of alkyl carbamates (subject to hydrolysis) is 1. The fraction of sp³-hybridized carbons (Fsp3) is 0.556. The van der Waals surface area contributed by atoms with E-state index in [-0.39, 0.29) is 11.9 Å². The maximum Gasteiger partial charge on any atom is 0.408 e. The van der Waals surface area contributed by atoms with Crippen molar-refractivity contribution < 1.29 is 23.9 Å². The van der Waals surface area contributed by atoms with E-state index in [2.05, 4.69) is 23.5 Å². The van der Waals surface area contributed by atoms with Gasteiger partial charge in [-0.2, -0.15) is 0 Å². The maximum atomic E-state index is 13.9. The number of nitrogens with one attached hydrogen (secondary N) is 2. The second kappa shape index (κ2) is 13.0. The van der Waals surface area contributed by atoms with Crippen molar-refractivity contribution in [1.29, 1.82) is 0 Å². The van der Waals surface area contributed by atoms with Gasteiger partial charge in [0.15, 0.2) is 0 Å². The number of benzene rings is 1. The number of rotatable bonds is 12. The molecule has 0 heterocycles. The summed E-state index contributed by atoms with van der Waals surface area (Å²) in [7, 11) is 0. The third-order valence-corrected chi connectivity index (χ3v) is 5.61. The van der Waals surface area contributed by atoms with E-state index in [1.807, 2.05) is 0 Å². The Kier molecular flexibility index (Phi) is 10.3. The molecule has 0 bridgehead atoms. The molecule has 1 aromatic carbocycles. The van der Waals surface area contributed by atoms with E-state index in [0.717, 1.165) is 19.3 Å². The number of unbranched alkanes of at least 4 members (excludes halogenated alkanes) is 2. The van der Waals surface area contributed by atoms with Gasteiger partial charge in [-0.3, -0.25) is 14.4 Å². The Bertz CT molecular complexity index is 991.